The molecule has 0 amide bonds. The van der Waals surface area contributed by atoms with Crippen LogP contribution in [0.25, 0.3) is 0 Å². The molecule has 1 N–H and O–H groups in total. The average molecular weight is 336 g/mol. The van der Waals surface area contributed by atoms with Crippen molar-refractivity contribution in [2.45, 2.75) is 58.0 Å². The summed E-state index contributed by atoms with van der Waals surface area (Å²) in [7, 11) is 3.56. The molecule has 0 bridgehead atoms. The van der Waals surface area contributed by atoms with Gasteiger partial charge in [0.2, 0.25) is 11.5 Å². The van der Waals surface area contributed by atoms with Crippen LogP contribution in [-0.2, 0) is 7.05 Å². The van der Waals surface area contributed by atoms with Crippen molar-refractivity contribution in [3.05, 3.63) is 20.8 Å². The molecule has 0 fully saturated rings. The highest BCUT2D eigenvalue weighted by molar-refractivity contribution is 5.86. The molecular formula is C17H28N4O3. The molecule has 24 heavy (non-hydrogen) atoms. The number of quaternary nitrogens is 1. The van der Waals surface area contributed by atoms with Crippen LogP contribution in [0.5, 0.6) is 0 Å². The molecule has 0 spiro atoms. The SMILES string of the molecule is CCC([O-])CCCCCCC[N+]1(C)C=Nc2c1c(=O)[nH]c(=O)n2C. The van der Waals surface area contributed by atoms with E-state index in [1.54, 1.807) is 13.4 Å². The monoisotopic (exact) mass is 336 g/mol. The number of aliphatic imine (C=N–C) groups is 1. The number of nitrogens with one attached hydrogen (secondary N) is 1. The van der Waals surface area contributed by atoms with Crippen LogP contribution >= 0.6 is 0 Å². The minimum atomic E-state index is -0.437. The van der Waals surface area contributed by atoms with Crippen LogP contribution in [0.2, 0.25) is 0 Å². The molecule has 0 saturated carbocycles. The first-order valence-corrected chi connectivity index (χ1v) is 8.79. The van der Waals surface area contributed by atoms with Crippen LogP contribution in [0, 0.1) is 0 Å². The van der Waals surface area contributed by atoms with Crippen molar-refractivity contribution in [1.29, 1.82) is 0 Å². The van der Waals surface area contributed by atoms with Crippen LogP contribution < -0.4 is 20.8 Å². The first kappa shape index (κ1) is 18.6. The standard InChI is InChI=1S/C17H28N4O3/c1-4-13(22)10-8-6-5-7-9-11-21(3)12-18-15-14(21)16(23)19-17(24)20(15)2/h12-13H,4-11H2,1-3H3,(H,19,23,24). The highest BCUT2D eigenvalue weighted by Gasteiger charge is 2.36. The summed E-state index contributed by atoms with van der Waals surface area (Å²) in [4.78, 5) is 30.5. The molecule has 0 aliphatic carbocycles. The summed E-state index contributed by atoms with van der Waals surface area (Å²) in [6, 6.07) is 0. The van der Waals surface area contributed by atoms with Crippen LogP contribution in [0.1, 0.15) is 51.9 Å². The third kappa shape index (κ3) is 4.02. The van der Waals surface area contributed by atoms with Crippen LogP contribution in [-0.4, -0.2) is 35.6 Å². The number of rotatable bonds is 9. The van der Waals surface area contributed by atoms with Gasteiger partial charge < -0.3 is 5.11 Å². The molecule has 0 radical (unpaired) electrons. The quantitative estimate of drug-likeness (QED) is 0.542. The van der Waals surface area contributed by atoms with Gasteiger partial charge in [-0.2, -0.15) is 4.99 Å². The fourth-order valence-electron chi connectivity index (χ4n) is 3.16. The summed E-state index contributed by atoms with van der Waals surface area (Å²) in [6.07, 6.45) is 8.04. The van der Waals surface area contributed by atoms with Crippen molar-refractivity contribution in [3.8, 4) is 0 Å². The van der Waals surface area contributed by atoms with Crippen molar-refractivity contribution < 1.29 is 5.11 Å². The van der Waals surface area contributed by atoms with Gasteiger partial charge in [0.15, 0.2) is 6.34 Å². The number of unbranched alkanes of at least 4 members (excludes halogenated alkanes) is 4. The van der Waals surface area contributed by atoms with Gasteiger partial charge in [-0.05, 0) is 12.8 Å². The Hall–Kier alpha value is -1.73. The van der Waals surface area contributed by atoms with Gasteiger partial charge in [-0.3, -0.25) is 14.3 Å². The zero-order valence-electron chi connectivity index (χ0n) is 14.9. The van der Waals surface area contributed by atoms with Crippen molar-refractivity contribution in [1.82, 2.24) is 14.0 Å². The molecule has 1 aliphatic rings. The molecule has 1 aromatic rings. The number of nitrogens with zero attached hydrogens (tertiary/aromatic N) is 3. The first-order chi connectivity index (χ1) is 11.4. The van der Waals surface area contributed by atoms with Crippen molar-refractivity contribution in [2.75, 3.05) is 13.6 Å². The van der Waals surface area contributed by atoms with Crippen molar-refractivity contribution in [3.63, 3.8) is 0 Å². The maximum absolute atomic E-state index is 12.2. The van der Waals surface area contributed by atoms with E-state index in [0.717, 1.165) is 45.1 Å². The topological polar surface area (TPSA) is 90.3 Å². The summed E-state index contributed by atoms with van der Waals surface area (Å²) in [5, 5.41) is 11.3. The highest BCUT2D eigenvalue weighted by atomic mass is 16.3. The van der Waals surface area contributed by atoms with E-state index in [4.69, 9.17) is 0 Å². The number of fused-ring (bicyclic) bond motifs is 1. The summed E-state index contributed by atoms with van der Waals surface area (Å²) in [5.74, 6) is 0.451. The molecule has 2 atom stereocenters. The molecule has 2 heterocycles. The fourth-order valence-corrected chi connectivity index (χ4v) is 3.16. The Bertz CT molecular complexity index is 707. The smallest absolute Gasteiger partial charge is 0.330 e. The Balaban J connectivity index is 1.86. The highest BCUT2D eigenvalue weighted by Crippen LogP contribution is 2.31. The van der Waals surface area contributed by atoms with E-state index in [1.807, 2.05) is 14.0 Å². The third-order valence-corrected chi connectivity index (χ3v) is 4.82. The number of hydrogen-bond donors (Lipinski definition) is 1. The molecule has 2 rings (SSSR count). The van der Waals surface area contributed by atoms with E-state index in [2.05, 4.69) is 9.98 Å². The molecule has 1 aromatic heterocycles. The fraction of sp³-hybridized carbons (Fsp3) is 0.706. The molecule has 7 nitrogen and oxygen atoms in total. The maximum Gasteiger partial charge on any atom is 0.330 e. The third-order valence-electron chi connectivity index (χ3n) is 4.82. The molecule has 0 saturated heterocycles. The second-order valence-electron chi connectivity index (χ2n) is 6.81. The molecule has 134 valence electrons. The zero-order valence-corrected chi connectivity index (χ0v) is 14.9. The average Bonchev–Trinajstić information content (AvgIpc) is 2.90. The summed E-state index contributed by atoms with van der Waals surface area (Å²) in [5.41, 5.74) is -0.253. The number of aromatic nitrogens is 2. The van der Waals surface area contributed by atoms with Gasteiger partial charge in [0, 0.05) is 7.05 Å². The number of aromatic amines is 1. The normalized spacial score (nSPS) is 20.3. The Kier molecular flexibility index (Phi) is 6.12. The number of hydrogen-bond acceptors (Lipinski definition) is 4. The van der Waals surface area contributed by atoms with Gasteiger partial charge in [-0.1, -0.05) is 39.0 Å². The molecule has 7 heteroatoms. The van der Waals surface area contributed by atoms with Crippen molar-refractivity contribution in [2.24, 2.45) is 12.0 Å². The Morgan fingerprint density at radius 1 is 1.25 bits per heavy atom. The van der Waals surface area contributed by atoms with E-state index in [1.165, 1.54) is 4.57 Å². The lowest BCUT2D eigenvalue weighted by Crippen LogP contribution is -2.47. The van der Waals surface area contributed by atoms with Crippen molar-refractivity contribution >= 4 is 17.8 Å². The van der Waals surface area contributed by atoms with Crippen LogP contribution in [0.3, 0.4) is 0 Å². The molecule has 2 unspecified atom stereocenters. The predicted molar refractivity (Wildman–Crippen MR) is 94.8 cm³/mol. The van der Waals surface area contributed by atoms with Gasteiger partial charge >= 0.3 is 11.2 Å². The molecule has 1 aliphatic heterocycles. The lowest BCUT2D eigenvalue weighted by molar-refractivity contribution is -0.421. The van der Waals surface area contributed by atoms with Crippen LogP contribution in [0.4, 0.5) is 11.5 Å². The largest absolute Gasteiger partial charge is 0.852 e. The second-order valence-corrected chi connectivity index (χ2v) is 6.81. The second kappa shape index (κ2) is 7.90. The Morgan fingerprint density at radius 2 is 1.92 bits per heavy atom. The summed E-state index contributed by atoms with van der Waals surface area (Å²) >= 11 is 0. The molecule has 0 aromatic carbocycles. The van der Waals surface area contributed by atoms with Gasteiger partial charge in [0.1, 0.15) is 0 Å². The Labute approximate surface area is 142 Å². The van der Waals surface area contributed by atoms with E-state index < -0.39 is 11.8 Å². The van der Waals surface area contributed by atoms with E-state index >= 15 is 0 Å². The minimum absolute atomic E-state index is 0.331. The lowest BCUT2D eigenvalue weighted by atomic mass is 10.1. The first-order valence-electron chi connectivity index (χ1n) is 8.79. The summed E-state index contributed by atoms with van der Waals surface area (Å²) < 4.78 is 1.71. The lowest BCUT2D eigenvalue weighted by Gasteiger charge is -2.24. The van der Waals surface area contributed by atoms with Crippen LogP contribution in [0.15, 0.2) is 14.6 Å². The minimum Gasteiger partial charge on any atom is -0.852 e. The predicted octanol–water partition coefficient (Wildman–Crippen LogP) is 1.16. The molecular weight excluding hydrogens is 308 g/mol. The van der Waals surface area contributed by atoms with Gasteiger partial charge in [0.05, 0.1) is 13.6 Å². The van der Waals surface area contributed by atoms with Gasteiger partial charge in [-0.25, -0.2) is 9.28 Å². The van der Waals surface area contributed by atoms with E-state index in [-0.39, 0.29) is 5.56 Å². The van der Waals surface area contributed by atoms with Gasteiger partial charge in [-0.15, -0.1) is 6.10 Å². The summed E-state index contributed by atoms with van der Waals surface area (Å²) in [6.45, 7) is 2.71. The Morgan fingerprint density at radius 3 is 2.62 bits per heavy atom. The number of H-pyrrole nitrogens is 1. The van der Waals surface area contributed by atoms with E-state index in [0.29, 0.717) is 22.4 Å². The zero-order chi connectivity index (χ0) is 17.7. The van der Waals surface area contributed by atoms with Gasteiger partial charge in [0.25, 0.3) is 0 Å². The maximum atomic E-state index is 12.2. The van der Waals surface area contributed by atoms with E-state index in [9.17, 15) is 14.7 Å².